The molecule has 7 nitrogen and oxygen atoms in total. The quantitative estimate of drug-likeness (QED) is 0.369. The summed E-state index contributed by atoms with van der Waals surface area (Å²) in [5.41, 5.74) is 2.01. The smallest absolute Gasteiger partial charge is 0.265 e. The standard InChI is InChI=1S/C26H22FN3O4S/c1-3-10-30-19-11-17(6-9-21(19)34-13-22(30)32)20(31)12-29-14-28-25-24(26(29)33)23(15(2)35-25)16-4-7-18(27)8-5-16/h4-9,11,14H,3,10,12-13H2,1-2H3. The third-order valence-corrected chi connectivity index (χ3v) is 6.99. The molecule has 1 aliphatic rings. The van der Waals surface area contributed by atoms with Gasteiger partial charge in [0.2, 0.25) is 0 Å². The van der Waals surface area contributed by atoms with E-state index in [2.05, 4.69) is 4.98 Å². The number of anilines is 1. The maximum Gasteiger partial charge on any atom is 0.265 e. The van der Waals surface area contributed by atoms with Gasteiger partial charge in [0.15, 0.2) is 12.4 Å². The molecule has 3 heterocycles. The number of amides is 1. The number of rotatable bonds is 6. The van der Waals surface area contributed by atoms with Crippen molar-refractivity contribution in [2.75, 3.05) is 18.1 Å². The van der Waals surface area contributed by atoms with Gasteiger partial charge in [-0.2, -0.15) is 0 Å². The average molecular weight is 492 g/mol. The van der Waals surface area contributed by atoms with Gasteiger partial charge in [0, 0.05) is 22.5 Å². The molecule has 178 valence electrons. The number of Topliss-reactive ketones (excluding diaryl/α,β-unsaturated/α-hetero) is 1. The Hall–Kier alpha value is -3.85. The molecule has 0 unspecified atom stereocenters. The van der Waals surface area contributed by atoms with E-state index < -0.39 is 0 Å². The molecular weight excluding hydrogens is 469 g/mol. The van der Waals surface area contributed by atoms with Crippen LogP contribution in [0.2, 0.25) is 0 Å². The first-order valence-corrected chi connectivity index (χ1v) is 12.0. The molecule has 0 radical (unpaired) electrons. The summed E-state index contributed by atoms with van der Waals surface area (Å²) in [5.74, 6) is -0.258. The Morgan fingerprint density at radius 3 is 2.69 bits per heavy atom. The molecule has 0 N–H and O–H groups in total. The topological polar surface area (TPSA) is 81.5 Å². The Morgan fingerprint density at radius 2 is 1.94 bits per heavy atom. The molecule has 0 atom stereocenters. The molecule has 4 aromatic rings. The van der Waals surface area contributed by atoms with Crippen molar-refractivity contribution in [3.8, 4) is 16.9 Å². The van der Waals surface area contributed by atoms with E-state index in [-0.39, 0.29) is 36.2 Å². The number of nitrogens with zero attached hydrogens (tertiary/aromatic N) is 3. The summed E-state index contributed by atoms with van der Waals surface area (Å²) < 4.78 is 20.2. The van der Waals surface area contributed by atoms with Gasteiger partial charge in [-0.15, -0.1) is 11.3 Å². The molecule has 0 aliphatic carbocycles. The van der Waals surface area contributed by atoms with Gasteiger partial charge in [-0.1, -0.05) is 19.1 Å². The molecule has 35 heavy (non-hydrogen) atoms. The second kappa shape index (κ2) is 9.07. The number of hydrogen-bond donors (Lipinski definition) is 0. The van der Waals surface area contributed by atoms with Gasteiger partial charge in [0.05, 0.1) is 23.9 Å². The van der Waals surface area contributed by atoms with Gasteiger partial charge in [-0.25, -0.2) is 9.37 Å². The molecule has 0 spiro atoms. The zero-order valence-corrected chi connectivity index (χ0v) is 20.0. The van der Waals surface area contributed by atoms with Crippen molar-refractivity contribution in [2.24, 2.45) is 0 Å². The fourth-order valence-corrected chi connectivity index (χ4v) is 5.31. The number of aromatic nitrogens is 2. The van der Waals surface area contributed by atoms with Crippen molar-refractivity contribution in [1.29, 1.82) is 0 Å². The van der Waals surface area contributed by atoms with E-state index >= 15 is 0 Å². The van der Waals surface area contributed by atoms with Gasteiger partial charge in [0.25, 0.3) is 11.5 Å². The first kappa shape index (κ1) is 22.9. The number of benzene rings is 2. The van der Waals surface area contributed by atoms with Crippen LogP contribution in [0.15, 0.2) is 53.6 Å². The number of ether oxygens (including phenoxy) is 1. The minimum absolute atomic E-state index is 0.0299. The van der Waals surface area contributed by atoms with Gasteiger partial charge >= 0.3 is 0 Å². The predicted molar refractivity (Wildman–Crippen MR) is 133 cm³/mol. The van der Waals surface area contributed by atoms with Crippen molar-refractivity contribution in [1.82, 2.24) is 9.55 Å². The number of halogens is 1. The van der Waals surface area contributed by atoms with E-state index in [4.69, 9.17) is 4.74 Å². The lowest BCUT2D eigenvalue weighted by molar-refractivity contribution is -0.121. The number of aryl methyl sites for hydroxylation is 1. The van der Waals surface area contributed by atoms with Crippen molar-refractivity contribution in [3.05, 3.63) is 75.4 Å². The summed E-state index contributed by atoms with van der Waals surface area (Å²) in [4.78, 5) is 46.4. The lowest BCUT2D eigenvalue weighted by Crippen LogP contribution is -2.39. The fourth-order valence-electron chi connectivity index (χ4n) is 4.30. The highest BCUT2D eigenvalue weighted by atomic mass is 32.1. The van der Waals surface area contributed by atoms with Crippen molar-refractivity contribution < 1.29 is 18.7 Å². The molecule has 2 aromatic heterocycles. The van der Waals surface area contributed by atoms with Crippen LogP contribution in [0.4, 0.5) is 10.1 Å². The highest BCUT2D eigenvalue weighted by Gasteiger charge is 2.26. The summed E-state index contributed by atoms with van der Waals surface area (Å²) in [6.45, 7) is 4.15. The summed E-state index contributed by atoms with van der Waals surface area (Å²) in [6, 6.07) is 10.9. The lowest BCUT2D eigenvalue weighted by atomic mass is 10.0. The van der Waals surface area contributed by atoms with Gasteiger partial charge in [0.1, 0.15) is 16.4 Å². The maximum atomic E-state index is 13.4. The number of hydrogen-bond acceptors (Lipinski definition) is 6. The third-order valence-electron chi connectivity index (χ3n) is 5.97. The highest BCUT2D eigenvalue weighted by molar-refractivity contribution is 7.19. The third kappa shape index (κ3) is 4.12. The number of carbonyl (C=O) groups excluding carboxylic acids is 2. The normalized spacial score (nSPS) is 13.1. The fraction of sp³-hybridized carbons (Fsp3) is 0.231. The second-order valence-corrected chi connectivity index (χ2v) is 9.54. The van der Waals surface area contributed by atoms with Gasteiger partial charge in [-0.3, -0.25) is 19.0 Å². The first-order valence-electron chi connectivity index (χ1n) is 11.2. The summed E-state index contributed by atoms with van der Waals surface area (Å²) in [6.07, 6.45) is 2.14. The van der Waals surface area contributed by atoms with E-state index in [1.807, 2.05) is 13.8 Å². The largest absolute Gasteiger partial charge is 0.482 e. The number of carbonyl (C=O) groups is 2. The molecule has 5 rings (SSSR count). The molecule has 0 saturated carbocycles. The van der Waals surface area contributed by atoms with Crippen molar-refractivity contribution in [2.45, 2.75) is 26.8 Å². The summed E-state index contributed by atoms with van der Waals surface area (Å²) in [5, 5.41) is 0.410. The molecule has 0 saturated heterocycles. The lowest BCUT2D eigenvalue weighted by Gasteiger charge is -2.29. The molecule has 0 fully saturated rings. The van der Waals surface area contributed by atoms with Crippen LogP contribution in [0, 0.1) is 12.7 Å². The molecule has 9 heteroatoms. The first-order chi connectivity index (χ1) is 16.9. The Kier molecular flexibility index (Phi) is 5.94. The highest BCUT2D eigenvalue weighted by Crippen LogP contribution is 2.36. The van der Waals surface area contributed by atoms with Crippen LogP contribution in [0.1, 0.15) is 28.6 Å². The predicted octanol–water partition coefficient (Wildman–Crippen LogP) is 4.59. The van der Waals surface area contributed by atoms with Crippen LogP contribution in [-0.2, 0) is 11.3 Å². The second-order valence-electron chi connectivity index (χ2n) is 8.34. The minimum Gasteiger partial charge on any atom is -0.482 e. The van der Waals surface area contributed by atoms with Crippen molar-refractivity contribution in [3.63, 3.8) is 0 Å². The molecule has 1 amide bonds. The average Bonchev–Trinajstić information content (AvgIpc) is 3.19. The van der Waals surface area contributed by atoms with Crippen LogP contribution in [0.3, 0.4) is 0 Å². The zero-order valence-electron chi connectivity index (χ0n) is 19.2. The number of ketones is 1. The Bertz CT molecular complexity index is 1520. The Morgan fingerprint density at radius 1 is 1.17 bits per heavy atom. The van der Waals surface area contributed by atoms with Gasteiger partial charge in [-0.05, 0) is 49.2 Å². The molecule has 2 aromatic carbocycles. The van der Waals surface area contributed by atoms with Crippen LogP contribution in [0.5, 0.6) is 5.75 Å². The van der Waals surface area contributed by atoms with E-state index in [1.165, 1.54) is 34.4 Å². The van der Waals surface area contributed by atoms with E-state index in [9.17, 15) is 18.8 Å². The molecule has 1 aliphatic heterocycles. The molecule has 0 bridgehead atoms. The maximum absolute atomic E-state index is 13.4. The monoisotopic (exact) mass is 491 g/mol. The van der Waals surface area contributed by atoms with E-state index in [0.717, 1.165) is 11.3 Å². The number of thiophene rings is 1. The van der Waals surface area contributed by atoms with Crippen LogP contribution in [-0.4, -0.2) is 34.4 Å². The molecular formula is C26H22FN3O4S. The zero-order chi connectivity index (χ0) is 24.7. The van der Waals surface area contributed by atoms with Crippen LogP contribution < -0.4 is 15.2 Å². The Balaban J connectivity index is 1.51. The Labute approximate surface area is 204 Å². The summed E-state index contributed by atoms with van der Waals surface area (Å²) in [7, 11) is 0. The van der Waals surface area contributed by atoms with E-state index in [1.54, 1.807) is 35.2 Å². The van der Waals surface area contributed by atoms with Crippen LogP contribution >= 0.6 is 11.3 Å². The summed E-state index contributed by atoms with van der Waals surface area (Å²) >= 11 is 1.38. The SMILES string of the molecule is CCCN1C(=O)COc2ccc(C(=O)Cn3cnc4sc(C)c(-c5ccc(F)cc5)c4c3=O)cc21. The minimum atomic E-state index is -0.360. The van der Waals surface area contributed by atoms with Crippen molar-refractivity contribution >= 4 is 38.9 Å². The van der Waals surface area contributed by atoms with Crippen LogP contribution in [0.25, 0.3) is 21.3 Å². The van der Waals surface area contributed by atoms with E-state index in [0.29, 0.717) is 44.9 Å². The number of fused-ring (bicyclic) bond motifs is 2. The van der Waals surface area contributed by atoms with Gasteiger partial charge < -0.3 is 9.64 Å².